The molecule has 2 N–H and O–H groups in total. The molecule has 4 heteroatoms. The van der Waals surface area contributed by atoms with Crippen LogP contribution in [0, 0.1) is 6.92 Å². The standard InChI is InChI=1S/C17H23N3O/c1-3-15(11-7-10-14-8-5-4-6-9-14)20-17(18)16(12-21)13(2)19-20/h4-6,8-9,12,15H,3,7,10-11,18H2,1-2H3. The maximum absolute atomic E-state index is 11.0. The van der Waals surface area contributed by atoms with Crippen LogP contribution in [-0.4, -0.2) is 16.1 Å². The maximum Gasteiger partial charge on any atom is 0.155 e. The molecule has 0 aliphatic rings. The number of aromatic nitrogens is 2. The van der Waals surface area contributed by atoms with Crippen LogP contribution >= 0.6 is 0 Å². The highest BCUT2D eigenvalue weighted by molar-refractivity contribution is 5.83. The van der Waals surface area contributed by atoms with Crippen molar-refractivity contribution in [2.45, 2.75) is 45.6 Å². The number of nitrogen functional groups attached to an aromatic ring is 1. The summed E-state index contributed by atoms with van der Waals surface area (Å²) in [4.78, 5) is 11.0. The first-order chi connectivity index (χ1) is 10.2. The Kier molecular flexibility index (Phi) is 5.14. The number of anilines is 1. The molecule has 0 aliphatic heterocycles. The molecule has 0 bridgehead atoms. The number of nitrogens with zero attached hydrogens (tertiary/aromatic N) is 2. The highest BCUT2D eigenvalue weighted by Gasteiger charge is 2.17. The van der Waals surface area contributed by atoms with Gasteiger partial charge in [0.25, 0.3) is 0 Å². The van der Waals surface area contributed by atoms with E-state index < -0.39 is 0 Å². The first-order valence-electron chi connectivity index (χ1n) is 7.51. The molecule has 0 saturated carbocycles. The van der Waals surface area contributed by atoms with Crippen molar-refractivity contribution in [3.63, 3.8) is 0 Å². The van der Waals surface area contributed by atoms with Gasteiger partial charge < -0.3 is 5.73 Å². The van der Waals surface area contributed by atoms with E-state index in [1.807, 2.05) is 17.7 Å². The van der Waals surface area contributed by atoms with E-state index in [2.05, 4.69) is 36.3 Å². The molecule has 0 spiro atoms. The van der Waals surface area contributed by atoms with Gasteiger partial charge in [-0.25, -0.2) is 4.68 Å². The molecule has 1 atom stereocenters. The smallest absolute Gasteiger partial charge is 0.155 e. The average Bonchev–Trinajstić information content (AvgIpc) is 2.79. The van der Waals surface area contributed by atoms with Gasteiger partial charge in [0.1, 0.15) is 5.82 Å². The third-order valence-electron chi connectivity index (χ3n) is 3.95. The Hall–Kier alpha value is -2.10. The van der Waals surface area contributed by atoms with E-state index in [-0.39, 0.29) is 6.04 Å². The van der Waals surface area contributed by atoms with Crippen molar-refractivity contribution in [2.24, 2.45) is 0 Å². The van der Waals surface area contributed by atoms with Gasteiger partial charge >= 0.3 is 0 Å². The van der Waals surface area contributed by atoms with E-state index in [0.29, 0.717) is 17.1 Å². The Bertz CT molecular complexity index is 590. The predicted octanol–water partition coefficient (Wildman–Crippen LogP) is 3.56. The lowest BCUT2D eigenvalue weighted by atomic mass is 10.0. The van der Waals surface area contributed by atoms with Crippen molar-refractivity contribution >= 4 is 12.1 Å². The van der Waals surface area contributed by atoms with Crippen LogP contribution in [0.4, 0.5) is 5.82 Å². The van der Waals surface area contributed by atoms with Gasteiger partial charge in [-0.15, -0.1) is 0 Å². The number of hydrogen-bond donors (Lipinski definition) is 1. The average molecular weight is 285 g/mol. The second-order valence-electron chi connectivity index (χ2n) is 5.39. The lowest BCUT2D eigenvalue weighted by Crippen LogP contribution is -2.13. The molecule has 0 amide bonds. The molecular formula is C17H23N3O. The van der Waals surface area contributed by atoms with Crippen molar-refractivity contribution in [1.82, 2.24) is 9.78 Å². The normalized spacial score (nSPS) is 12.3. The van der Waals surface area contributed by atoms with E-state index >= 15 is 0 Å². The Morgan fingerprint density at radius 2 is 2.05 bits per heavy atom. The summed E-state index contributed by atoms with van der Waals surface area (Å²) in [5.74, 6) is 0.495. The Balaban J connectivity index is 2.02. The molecule has 1 unspecified atom stereocenters. The van der Waals surface area contributed by atoms with E-state index in [1.54, 1.807) is 0 Å². The van der Waals surface area contributed by atoms with Crippen molar-refractivity contribution in [3.05, 3.63) is 47.2 Å². The minimum Gasteiger partial charge on any atom is -0.383 e. The second-order valence-corrected chi connectivity index (χ2v) is 5.39. The number of aryl methyl sites for hydroxylation is 2. The van der Waals surface area contributed by atoms with Crippen LogP contribution < -0.4 is 5.73 Å². The second kappa shape index (κ2) is 7.07. The first-order valence-corrected chi connectivity index (χ1v) is 7.51. The third kappa shape index (κ3) is 3.51. The highest BCUT2D eigenvalue weighted by Crippen LogP contribution is 2.25. The summed E-state index contributed by atoms with van der Waals surface area (Å²) < 4.78 is 1.82. The van der Waals surface area contributed by atoms with Crippen molar-refractivity contribution in [3.8, 4) is 0 Å². The van der Waals surface area contributed by atoms with Gasteiger partial charge in [-0.2, -0.15) is 5.10 Å². The SMILES string of the molecule is CCC(CCCc1ccccc1)n1nc(C)c(C=O)c1N. The number of benzene rings is 1. The minimum absolute atomic E-state index is 0.251. The molecule has 1 aromatic heterocycles. The summed E-state index contributed by atoms with van der Waals surface area (Å²) in [6, 6.07) is 10.7. The quantitative estimate of drug-likeness (QED) is 0.791. The van der Waals surface area contributed by atoms with E-state index in [4.69, 9.17) is 5.73 Å². The van der Waals surface area contributed by atoms with Crippen LogP contribution in [-0.2, 0) is 6.42 Å². The van der Waals surface area contributed by atoms with Crippen molar-refractivity contribution < 1.29 is 4.79 Å². The van der Waals surface area contributed by atoms with E-state index in [1.165, 1.54) is 5.56 Å². The van der Waals surface area contributed by atoms with E-state index in [9.17, 15) is 4.79 Å². The van der Waals surface area contributed by atoms with Gasteiger partial charge in [0.15, 0.2) is 6.29 Å². The summed E-state index contributed by atoms with van der Waals surface area (Å²) >= 11 is 0. The van der Waals surface area contributed by atoms with E-state index in [0.717, 1.165) is 32.0 Å². The molecule has 0 aliphatic carbocycles. The molecule has 1 aromatic carbocycles. The summed E-state index contributed by atoms with van der Waals surface area (Å²) in [5.41, 5.74) is 8.63. The zero-order valence-corrected chi connectivity index (χ0v) is 12.7. The van der Waals surface area contributed by atoms with Crippen LogP contribution in [0.15, 0.2) is 30.3 Å². The monoisotopic (exact) mass is 285 g/mol. The molecule has 0 radical (unpaired) electrons. The topological polar surface area (TPSA) is 60.9 Å². The van der Waals surface area contributed by atoms with Gasteiger partial charge in [-0.3, -0.25) is 4.79 Å². The molecule has 4 nitrogen and oxygen atoms in total. The third-order valence-corrected chi connectivity index (χ3v) is 3.95. The number of carbonyl (C=O) groups excluding carboxylic acids is 1. The van der Waals surface area contributed by atoms with Gasteiger partial charge in [-0.1, -0.05) is 37.3 Å². The van der Waals surface area contributed by atoms with Gasteiger partial charge in [0, 0.05) is 0 Å². The summed E-state index contributed by atoms with van der Waals surface area (Å²) in [6.45, 7) is 3.96. The molecule has 0 fully saturated rings. The largest absolute Gasteiger partial charge is 0.383 e. The molecule has 0 saturated heterocycles. The predicted molar refractivity (Wildman–Crippen MR) is 85.5 cm³/mol. The number of aldehydes is 1. The van der Waals surface area contributed by atoms with Crippen LogP contribution in [0.25, 0.3) is 0 Å². The lowest BCUT2D eigenvalue weighted by molar-refractivity contribution is 0.112. The van der Waals surface area contributed by atoms with Gasteiger partial charge in [0.05, 0.1) is 17.3 Å². The summed E-state index contributed by atoms with van der Waals surface area (Å²) in [6.07, 6.45) is 4.90. The molecule has 2 aromatic rings. The molecule has 112 valence electrons. The fourth-order valence-corrected chi connectivity index (χ4v) is 2.69. The lowest BCUT2D eigenvalue weighted by Gasteiger charge is -2.17. The van der Waals surface area contributed by atoms with Crippen LogP contribution in [0.2, 0.25) is 0 Å². The van der Waals surface area contributed by atoms with Crippen LogP contribution in [0.5, 0.6) is 0 Å². The number of nitrogens with two attached hydrogens (primary N) is 1. The molecular weight excluding hydrogens is 262 g/mol. The number of hydrogen-bond acceptors (Lipinski definition) is 3. The minimum atomic E-state index is 0.251. The molecule has 1 heterocycles. The fourth-order valence-electron chi connectivity index (χ4n) is 2.69. The highest BCUT2D eigenvalue weighted by atomic mass is 16.1. The van der Waals surface area contributed by atoms with Crippen LogP contribution in [0.1, 0.15) is 53.8 Å². The molecule has 21 heavy (non-hydrogen) atoms. The Labute approximate surface area is 126 Å². The maximum atomic E-state index is 11.0. The number of carbonyl (C=O) groups is 1. The fraction of sp³-hybridized carbons (Fsp3) is 0.412. The van der Waals surface area contributed by atoms with Gasteiger partial charge in [0.2, 0.25) is 0 Å². The van der Waals surface area contributed by atoms with Gasteiger partial charge in [-0.05, 0) is 38.2 Å². The summed E-state index contributed by atoms with van der Waals surface area (Å²) in [7, 11) is 0. The van der Waals surface area contributed by atoms with Crippen molar-refractivity contribution in [2.75, 3.05) is 5.73 Å². The Morgan fingerprint density at radius 3 is 2.62 bits per heavy atom. The zero-order valence-electron chi connectivity index (χ0n) is 12.7. The number of rotatable bonds is 7. The Morgan fingerprint density at radius 1 is 1.33 bits per heavy atom. The van der Waals surface area contributed by atoms with Crippen molar-refractivity contribution in [1.29, 1.82) is 0 Å². The zero-order chi connectivity index (χ0) is 15.2. The van der Waals surface area contributed by atoms with Crippen LogP contribution in [0.3, 0.4) is 0 Å². The first kappa shape index (κ1) is 15.3. The summed E-state index contributed by atoms with van der Waals surface area (Å²) in [5, 5.41) is 4.44. The molecule has 2 rings (SSSR count).